The van der Waals surface area contributed by atoms with Gasteiger partial charge < -0.3 is 9.80 Å². The van der Waals surface area contributed by atoms with Crippen LogP contribution in [0.25, 0.3) is 54.9 Å². The second-order valence-electron chi connectivity index (χ2n) is 14.6. The molecule has 0 N–H and O–H groups in total. The maximum Gasteiger partial charge on any atom is 0.0546 e. The van der Waals surface area contributed by atoms with Crippen LogP contribution in [0.3, 0.4) is 0 Å². The average Bonchev–Trinajstić information content (AvgIpc) is 3.31. The van der Waals surface area contributed by atoms with Crippen LogP contribution >= 0.6 is 0 Å². The minimum atomic E-state index is 1.10. The summed E-state index contributed by atoms with van der Waals surface area (Å²) in [6, 6.07) is 87.2. The molecule has 2 heteroatoms. The van der Waals surface area contributed by atoms with Gasteiger partial charge in [0.2, 0.25) is 0 Å². The van der Waals surface area contributed by atoms with Crippen LogP contribution in [-0.2, 0) is 0 Å². The molecule has 0 saturated heterocycles. The Balaban J connectivity index is 0.998. The molecule has 0 heterocycles. The zero-order chi connectivity index (χ0) is 38.7. The third-order valence-corrected chi connectivity index (χ3v) is 11.1. The molecule has 0 radical (unpaired) electrons. The van der Waals surface area contributed by atoms with Crippen LogP contribution in [-0.4, -0.2) is 0 Å². The first-order valence-corrected chi connectivity index (χ1v) is 19.8. The van der Waals surface area contributed by atoms with Gasteiger partial charge in [0.25, 0.3) is 0 Å². The number of hydrogen-bond donors (Lipinski definition) is 0. The van der Waals surface area contributed by atoms with Crippen LogP contribution in [0.5, 0.6) is 0 Å². The van der Waals surface area contributed by atoms with Crippen molar-refractivity contribution in [3.63, 3.8) is 0 Å². The molecule has 10 aromatic carbocycles. The SMILES string of the molecule is c1ccc(-c2ccc(N(c3ccc(-c4ccccc4)cc3)c3ccc(-c4ccc(N(c5ccccc5)c5cc6ccccc6c6ccccc56)cc4)cc3)cc2)cc1. The lowest BCUT2D eigenvalue weighted by atomic mass is 9.98. The summed E-state index contributed by atoms with van der Waals surface area (Å²) in [5.74, 6) is 0. The van der Waals surface area contributed by atoms with Crippen molar-refractivity contribution in [3.8, 4) is 33.4 Å². The maximum atomic E-state index is 2.38. The Hall–Kier alpha value is -7.68. The Kier molecular flexibility index (Phi) is 9.27. The van der Waals surface area contributed by atoms with E-state index in [-0.39, 0.29) is 0 Å². The Morgan fingerprint density at radius 3 is 0.966 bits per heavy atom. The summed E-state index contributed by atoms with van der Waals surface area (Å²) in [5, 5.41) is 4.96. The number of benzene rings is 10. The van der Waals surface area contributed by atoms with E-state index >= 15 is 0 Å². The van der Waals surface area contributed by atoms with Crippen LogP contribution in [0.15, 0.2) is 243 Å². The van der Waals surface area contributed by atoms with Crippen LogP contribution < -0.4 is 9.80 Å². The predicted octanol–water partition coefficient (Wildman–Crippen LogP) is 15.9. The molecule has 0 amide bonds. The van der Waals surface area contributed by atoms with Crippen molar-refractivity contribution in [2.75, 3.05) is 9.80 Å². The molecule has 0 aromatic heterocycles. The van der Waals surface area contributed by atoms with E-state index in [2.05, 4.69) is 252 Å². The van der Waals surface area contributed by atoms with Crippen LogP contribution in [0, 0.1) is 0 Å². The van der Waals surface area contributed by atoms with Crippen LogP contribution in [0.2, 0.25) is 0 Å². The van der Waals surface area contributed by atoms with E-state index in [1.54, 1.807) is 0 Å². The van der Waals surface area contributed by atoms with Gasteiger partial charge in [-0.3, -0.25) is 0 Å². The molecule has 0 aliphatic heterocycles. The van der Waals surface area contributed by atoms with Crippen molar-refractivity contribution in [3.05, 3.63) is 243 Å². The largest absolute Gasteiger partial charge is 0.311 e. The van der Waals surface area contributed by atoms with Gasteiger partial charge in [0.05, 0.1) is 5.69 Å². The molecule has 10 rings (SSSR count). The van der Waals surface area contributed by atoms with E-state index in [9.17, 15) is 0 Å². The quantitative estimate of drug-likeness (QED) is 0.136. The van der Waals surface area contributed by atoms with Gasteiger partial charge in [-0.2, -0.15) is 0 Å². The van der Waals surface area contributed by atoms with Crippen LogP contribution in [0.4, 0.5) is 34.1 Å². The van der Waals surface area contributed by atoms with Crippen molar-refractivity contribution in [1.82, 2.24) is 0 Å². The van der Waals surface area contributed by atoms with E-state index in [0.29, 0.717) is 0 Å². The maximum absolute atomic E-state index is 2.38. The molecule has 0 unspecified atom stereocenters. The lowest BCUT2D eigenvalue weighted by Crippen LogP contribution is -2.10. The monoisotopic (exact) mass is 740 g/mol. The van der Waals surface area contributed by atoms with Crippen molar-refractivity contribution < 1.29 is 0 Å². The number of rotatable bonds is 9. The summed E-state index contributed by atoms with van der Waals surface area (Å²) in [5.41, 5.74) is 13.8. The second-order valence-corrected chi connectivity index (χ2v) is 14.6. The highest BCUT2D eigenvalue weighted by Gasteiger charge is 2.18. The molecule has 274 valence electrons. The van der Waals surface area contributed by atoms with E-state index in [0.717, 1.165) is 45.3 Å². The standard InChI is InChI=1S/C56H40N2/c1-4-14-41(15-5-1)43-24-32-49(33-25-43)57(50-34-26-44(27-35-50)42-16-6-2-7-17-42)51-36-28-45(29-37-51)46-30-38-52(39-31-46)58(48-19-8-3-9-20-48)56-40-47-18-10-11-21-53(47)54-22-12-13-23-55(54)56/h1-40H. The topological polar surface area (TPSA) is 6.48 Å². The fourth-order valence-electron chi connectivity index (χ4n) is 8.14. The number of anilines is 6. The fourth-order valence-corrected chi connectivity index (χ4v) is 8.14. The zero-order valence-electron chi connectivity index (χ0n) is 32.0. The highest BCUT2D eigenvalue weighted by molar-refractivity contribution is 6.14. The Bertz CT molecular complexity index is 2860. The first-order valence-electron chi connectivity index (χ1n) is 19.8. The van der Waals surface area contributed by atoms with E-state index in [4.69, 9.17) is 0 Å². The van der Waals surface area contributed by atoms with Gasteiger partial charge in [-0.1, -0.05) is 176 Å². The van der Waals surface area contributed by atoms with Crippen molar-refractivity contribution in [1.29, 1.82) is 0 Å². The normalized spacial score (nSPS) is 11.1. The van der Waals surface area contributed by atoms with Gasteiger partial charge in [0.15, 0.2) is 0 Å². The Morgan fingerprint density at radius 1 is 0.207 bits per heavy atom. The predicted molar refractivity (Wildman–Crippen MR) is 247 cm³/mol. The molecule has 0 aliphatic carbocycles. The molecule has 0 fully saturated rings. The minimum absolute atomic E-state index is 1.10. The van der Waals surface area contributed by atoms with E-state index in [1.807, 2.05) is 0 Å². The highest BCUT2D eigenvalue weighted by atomic mass is 15.1. The first-order chi connectivity index (χ1) is 28.8. The van der Waals surface area contributed by atoms with Gasteiger partial charge in [0.1, 0.15) is 0 Å². The highest BCUT2D eigenvalue weighted by Crippen LogP contribution is 2.43. The smallest absolute Gasteiger partial charge is 0.0546 e. The van der Waals surface area contributed by atoms with Crippen molar-refractivity contribution >= 4 is 55.7 Å². The molecule has 58 heavy (non-hydrogen) atoms. The third kappa shape index (κ3) is 6.78. The summed E-state index contributed by atoms with van der Waals surface area (Å²) in [7, 11) is 0. The summed E-state index contributed by atoms with van der Waals surface area (Å²) in [6.45, 7) is 0. The third-order valence-electron chi connectivity index (χ3n) is 11.1. The Labute approximate surface area is 340 Å². The van der Waals surface area contributed by atoms with Gasteiger partial charge >= 0.3 is 0 Å². The molecule has 0 atom stereocenters. The molecule has 2 nitrogen and oxygen atoms in total. The number of nitrogens with zero attached hydrogens (tertiary/aromatic N) is 2. The summed E-state index contributed by atoms with van der Waals surface area (Å²) < 4.78 is 0. The molecule has 10 aromatic rings. The van der Waals surface area contributed by atoms with Crippen LogP contribution in [0.1, 0.15) is 0 Å². The minimum Gasteiger partial charge on any atom is -0.311 e. The number of para-hydroxylation sites is 1. The molecule has 0 saturated carbocycles. The summed E-state index contributed by atoms with van der Waals surface area (Å²) >= 11 is 0. The van der Waals surface area contributed by atoms with Gasteiger partial charge in [0, 0.05) is 33.8 Å². The second kappa shape index (κ2) is 15.5. The van der Waals surface area contributed by atoms with E-state index in [1.165, 1.54) is 43.8 Å². The molecular formula is C56H40N2. The summed E-state index contributed by atoms with van der Waals surface area (Å²) in [4.78, 5) is 4.72. The van der Waals surface area contributed by atoms with Gasteiger partial charge in [-0.25, -0.2) is 0 Å². The molecule has 0 spiro atoms. The fraction of sp³-hybridized carbons (Fsp3) is 0. The van der Waals surface area contributed by atoms with Crippen molar-refractivity contribution in [2.24, 2.45) is 0 Å². The number of fused-ring (bicyclic) bond motifs is 3. The van der Waals surface area contributed by atoms with Gasteiger partial charge in [-0.05, 0) is 116 Å². The van der Waals surface area contributed by atoms with E-state index < -0.39 is 0 Å². The lowest BCUT2D eigenvalue weighted by molar-refractivity contribution is 1.28. The Morgan fingerprint density at radius 2 is 0.517 bits per heavy atom. The molecule has 0 bridgehead atoms. The van der Waals surface area contributed by atoms with Gasteiger partial charge in [-0.15, -0.1) is 0 Å². The molecular weight excluding hydrogens is 701 g/mol. The molecule has 0 aliphatic rings. The first kappa shape index (κ1) is 34.8. The number of hydrogen-bond acceptors (Lipinski definition) is 2. The zero-order valence-corrected chi connectivity index (χ0v) is 32.0. The average molecular weight is 741 g/mol. The lowest BCUT2D eigenvalue weighted by Gasteiger charge is -2.28. The summed E-state index contributed by atoms with van der Waals surface area (Å²) in [6.07, 6.45) is 0. The van der Waals surface area contributed by atoms with Crippen molar-refractivity contribution in [2.45, 2.75) is 0 Å².